The van der Waals surface area contributed by atoms with E-state index >= 15 is 0 Å². The van der Waals surface area contributed by atoms with Crippen LogP contribution >= 0.6 is 0 Å². The van der Waals surface area contributed by atoms with E-state index in [0.717, 1.165) is 38.2 Å². The van der Waals surface area contributed by atoms with Crippen LogP contribution in [0.2, 0.25) is 0 Å². The van der Waals surface area contributed by atoms with Crippen molar-refractivity contribution in [1.82, 2.24) is 9.80 Å². The molecule has 2 rings (SSSR count). The molecule has 0 radical (unpaired) electrons. The van der Waals surface area contributed by atoms with E-state index in [1.165, 1.54) is 5.56 Å². The molecule has 0 N–H and O–H groups in total. The molecular weight excluding hydrogens is 264 g/mol. The number of likely N-dealkylation sites (tertiary alicyclic amines) is 1. The first kappa shape index (κ1) is 15.8. The zero-order valence-electron chi connectivity index (χ0n) is 13.3. The third kappa shape index (κ3) is 3.76. The van der Waals surface area contributed by atoms with Gasteiger partial charge >= 0.3 is 0 Å². The smallest absolute Gasteiger partial charge is 0.236 e. The highest BCUT2D eigenvalue weighted by molar-refractivity contribution is 5.78. The van der Waals surface area contributed by atoms with Crippen molar-refractivity contribution in [2.75, 3.05) is 33.3 Å². The lowest BCUT2D eigenvalue weighted by Gasteiger charge is -2.27. The number of methoxy groups -OCH3 is 1. The Morgan fingerprint density at radius 3 is 2.52 bits per heavy atom. The van der Waals surface area contributed by atoms with Gasteiger partial charge in [-0.15, -0.1) is 0 Å². The molecule has 1 aliphatic rings. The molecule has 21 heavy (non-hydrogen) atoms. The Balaban J connectivity index is 2.04. The standard InChI is InChI=1S/C17H26N2O2/c1-4-18(5-2)17(20)13-19-12-6-7-16(19)14-8-10-15(21-3)11-9-14/h8-11,16H,4-7,12-13H2,1-3H3. The van der Waals surface area contributed by atoms with Crippen molar-refractivity contribution in [1.29, 1.82) is 0 Å². The van der Waals surface area contributed by atoms with Gasteiger partial charge in [0, 0.05) is 19.1 Å². The fourth-order valence-electron chi connectivity index (χ4n) is 3.07. The van der Waals surface area contributed by atoms with E-state index in [2.05, 4.69) is 17.0 Å². The molecule has 0 saturated carbocycles. The van der Waals surface area contributed by atoms with Crippen LogP contribution in [0.15, 0.2) is 24.3 Å². The van der Waals surface area contributed by atoms with E-state index in [4.69, 9.17) is 4.74 Å². The number of ether oxygens (including phenoxy) is 1. The van der Waals surface area contributed by atoms with E-state index in [1.807, 2.05) is 30.9 Å². The van der Waals surface area contributed by atoms with Gasteiger partial charge in [-0.2, -0.15) is 0 Å². The first-order valence-corrected chi connectivity index (χ1v) is 7.85. The lowest BCUT2D eigenvalue weighted by Crippen LogP contribution is -2.40. The molecular formula is C17H26N2O2. The Hall–Kier alpha value is -1.55. The highest BCUT2D eigenvalue weighted by atomic mass is 16.5. The Morgan fingerprint density at radius 1 is 1.29 bits per heavy atom. The van der Waals surface area contributed by atoms with E-state index < -0.39 is 0 Å². The summed E-state index contributed by atoms with van der Waals surface area (Å²) in [6, 6.07) is 8.58. The van der Waals surface area contributed by atoms with Crippen LogP contribution in [0.25, 0.3) is 0 Å². The van der Waals surface area contributed by atoms with Crippen LogP contribution < -0.4 is 4.74 Å². The lowest BCUT2D eigenvalue weighted by molar-refractivity contribution is -0.132. The predicted octanol–water partition coefficient (Wildman–Crippen LogP) is 2.70. The summed E-state index contributed by atoms with van der Waals surface area (Å²) in [4.78, 5) is 16.5. The van der Waals surface area contributed by atoms with Crippen LogP contribution in [0.3, 0.4) is 0 Å². The maximum atomic E-state index is 12.3. The third-order valence-corrected chi connectivity index (χ3v) is 4.32. The quantitative estimate of drug-likeness (QED) is 0.807. The fraction of sp³-hybridized carbons (Fsp3) is 0.588. The first-order chi connectivity index (χ1) is 10.2. The molecule has 4 nitrogen and oxygen atoms in total. The fourth-order valence-corrected chi connectivity index (χ4v) is 3.07. The third-order valence-electron chi connectivity index (χ3n) is 4.32. The Morgan fingerprint density at radius 2 is 1.95 bits per heavy atom. The number of likely N-dealkylation sites (N-methyl/N-ethyl adjacent to an activating group) is 1. The summed E-state index contributed by atoms with van der Waals surface area (Å²) in [6.07, 6.45) is 2.28. The second kappa shape index (κ2) is 7.46. The number of hydrogen-bond donors (Lipinski definition) is 0. The minimum absolute atomic E-state index is 0.236. The predicted molar refractivity (Wildman–Crippen MR) is 84.5 cm³/mol. The van der Waals surface area contributed by atoms with Gasteiger partial charge in [0.25, 0.3) is 0 Å². The second-order valence-corrected chi connectivity index (χ2v) is 5.47. The van der Waals surface area contributed by atoms with Crippen molar-refractivity contribution in [3.05, 3.63) is 29.8 Å². The Kier molecular flexibility index (Phi) is 5.62. The molecule has 1 amide bonds. The highest BCUT2D eigenvalue weighted by Crippen LogP contribution is 2.32. The number of rotatable bonds is 6. The molecule has 0 aromatic heterocycles. The van der Waals surface area contributed by atoms with Gasteiger partial charge in [-0.05, 0) is 50.9 Å². The molecule has 1 aromatic rings. The van der Waals surface area contributed by atoms with Crippen molar-refractivity contribution >= 4 is 5.91 Å². The second-order valence-electron chi connectivity index (χ2n) is 5.47. The Labute approximate surface area is 127 Å². The minimum atomic E-state index is 0.236. The average Bonchev–Trinajstić information content (AvgIpc) is 2.96. The van der Waals surface area contributed by atoms with Gasteiger partial charge in [0.2, 0.25) is 5.91 Å². The van der Waals surface area contributed by atoms with Gasteiger partial charge in [0.15, 0.2) is 0 Å². The SMILES string of the molecule is CCN(CC)C(=O)CN1CCCC1c1ccc(OC)cc1. The van der Waals surface area contributed by atoms with Crippen LogP contribution in [0.1, 0.15) is 38.3 Å². The number of carbonyl (C=O) groups excluding carboxylic acids is 1. The van der Waals surface area contributed by atoms with Crippen molar-refractivity contribution in [2.45, 2.75) is 32.7 Å². The zero-order chi connectivity index (χ0) is 15.2. The molecule has 1 unspecified atom stereocenters. The highest BCUT2D eigenvalue weighted by Gasteiger charge is 2.28. The number of nitrogens with zero attached hydrogens (tertiary/aromatic N) is 2. The largest absolute Gasteiger partial charge is 0.497 e. The maximum absolute atomic E-state index is 12.3. The Bertz CT molecular complexity index is 454. The van der Waals surface area contributed by atoms with Gasteiger partial charge in [0.1, 0.15) is 5.75 Å². The van der Waals surface area contributed by atoms with Crippen molar-refractivity contribution in [3.63, 3.8) is 0 Å². The summed E-state index contributed by atoms with van der Waals surface area (Å²) in [5.41, 5.74) is 1.28. The topological polar surface area (TPSA) is 32.8 Å². The summed E-state index contributed by atoms with van der Waals surface area (Å²) in [5, 5.41) is 0. The van der Waals surface area contributed by atoms with Crippen LogP contribution in [-0.2, 0) is 4.79 Å². The molecule has 1 aromatic carbocycles. The molecule has 116 valence electrons. The van der Waals surface area contributed by atoms with Crippen molar-refractivity contribution < 1.29 is 9.53 Å². The molecule has 1 heterocycles. The maximum Gasteiger partial charge on any atom is 0.236 e. The van der Waals surface area contributed by atoms with Gasteiger partial charge < -0.3 is 9.64 Å². The summed E-state index contributed by atoms with van der Waals surface area (Å²) in [7, 11) is 1.68. The van der Waals surface area contributed by atoms with Crippen LogP contribution in [0.5, 0.6) is 5.75 Å². The van der Waals surface area contributed by atoms with Crippen molar-refractivity contribution in [3.8, 4) is 5.75 Å². The molecule has 1 atom stereocenters. The lowest BCUT2D eigenvalue weighted by atomic mass is 10.0. The molecule has 1 saturated heterocycles. The molecule has 1 fully saturated rings. The van der Waals surface area contributed by atoms with E-state index in [9.17, 15) is 4.79 Å². The summed E-state index contributed by atoms with van der Waals surface area (Å²) in [6.45, 7) is 7.17. The summed E-state index contributed by atoms with van der Waals surface area (Å²) < 4.78 is 5.21. The number of hydrogen-bond acceptors (Lipinski definition) is 3. The van der Waals surface area contributed by atoms with E-state index in [0.29, 0.717) is 12.6 Å². The van der Waals surface area contributed by atoms with Gasteiger partial charge in [-0.25, -0.2) is 0 Å². The van der Waals surface area contributed by atoms with Crippen LogP contribution in [-0.4, -0.2) is 49.0 Å². The molecule has 0 spiro atoms. The molecule has 0 bridgehead atoms. The molecule has 0 aliphatic carbocycles. The van der Waals surface area contributed by atoms with E-state index in [-0.39, 0.29) is 5.91 Å². The number of amides is 1. The van der Waals surface area contributed by atoms with Crippen LogP contribution in [0, 0.1) is 0 Å². The summed E-state index contributed by atoms with van der Waals surface area (Å²) >= 11 is 0. The number of benzene rings is 1. The first-order valence-electron chi connectivity index (χ1n) is 7.85. The van der Waals surface area contributed by atoms with Crippen LogP contribution in [0.4, 0.5) is 0 Å². The van der Waals surface area contributed by atoms with Crippen molar-refractivity contribution in [2.24, 2.45) is 0 Å². The minimum Gasteiger partial charge on any atom is -0.497 e. The van der Waals surface area contributed by atoms with Gasteiger partial charge in [-0.1, -0.05) is 12.1 Å². The molecule has 1 aliphatic heterocycles. The number of carbonyl (C=O) groups is 1. The average molecular weight is 290 g/mol. The summed E-state index contributed by atoms with van der Waals surface area (Å²) in [5.74, 6) is 1.11. The van der Waals surface area contributed by atoms with Gasteiger partial charge in [-0.3, -0.25) is 9.69 Å². The zero-order valence-corrected chi connectivity index (χ0v) is 13.3. The van der Waals surface area contributed by atoms with Gasteiger partial charge in [0.05, 0.1) is 13.7 Å². The van der Waals surface area contributed by atoms with E-state index in [1.54, 1.807) is 7.11 Å². The normalized spacial score (nSPS) is 18.7. The monoisotopic (exact) mass is 290 g/mol. The molecule has 4 heteroatoms.